The van der Waals surface area contributed by atoms with Crippen LogP contribution in [0.5, 0.6) is 0 Å². The zero-order valence-electron chi connectivity index (χ0n) is 27.0. The van der Waals surface area contributed by atoms with Crippen LogP contribution in [0.25, 0.3) is 66.0 Å². The minimum Gasteiger partial charge on any atom is -0.456 e. The van der Waals surface area contributed by atoms with Crippen LogP contribution in [-0.4, -0.2) is 22.6 Å². The first kappa shape index (κ1) is 29.3. The zero-order valence-corrected chi connectivity index (χ0v) is 27.0. The van der Waals surface area contributed by atoms with Crippen LogP contribution in [0.4, 0.5) is 0 Å². The number of para-hydroxylation sites is 1. The third kappa shape index (κ3) is 5.18. The van der Waals surface area contributed by atoms with Crippen LogP contribution >= 0.6 is 0 Å². The number of hydrogen-bond donors (Lipinski definition) is 1. The van der Waals surface area contributed by atoms with E-state index in [1.807, 2.05) is 89.5 Å². The van der Waals surface area contributed by atoms with Crippen LogP contribution in [0.2, 0.25) is 0 Å². The van der Waals surface area contributed by atoms with Crippen molar-refractivity contribution in [2.75, 3.05) is 0 Å². The Hall–Kier alpha value is -6.85. The van der Waals surface area contributed by atoms with E-state index in [4.69, 9.17) is 14.4 Å². The SMILES string of the molecule is N=C(/N=C(\N=Cc1ccccc1)c1ccc2c(c1)oc1cccc(-c3ccccc3)c12)n1c2ccccc2c2cc(-c3ccccc3)ccc21. The van der Waals surface area contributed by atoms with Crippen LogP contribution in [0.1, 0.15) is 11.1 Å². The highest BCUT2D eigenvalue weighted by atomic mass is 16.3. The second-order valence-corrected chi connectivity index (χ2v) is 12.2. The fourth-order valence-corrected chi connectivity index (χ4v) is 6.83. The Morgan fingerprint density at radius 3 is 2.04 bits per heavy atom. The van der Waals surface area contributed by atoms with Gasteiger partial charge in [-0.2, -0.15) is 4.99 Å². The molecule has 5 heteroatoms. The normalized spacial score (nSPS) is 12.1. The van der Waals surface area contributed by atoms with Crippen LogP contribution in [0.15, 0.2) is 184 Å². The van der Waals surface area contributed by atoms with Gasteiger partial charge < -0.3 is 4.42 Å². The van der Waals surface area contributed by atoms with Gasteiger partial charge >= 0.3 is 0 Å². The predicted molar refractivity (Wildman–Crippen MR) is 208 cm³/mol. The van der Waals surface area contributed by atoms with Crippen molar-refractivity contribution in [2.24, 2.45) is 9.98 Å². The largest absolute Gasteiger partial charge is 0.456 e. The van der Waals surface area contributed by atoms with Gasteiger partial charge in [-0.25, -0.2) is 4.99 Å². The van der Waals surface area contributed by atoms with Gasteiger partial charge in [0.1, 0.15) is 11.2 Å². The third-order valence-corrected chi connectivity index (χ3v) is 9.18. The summed E-state index contributed by atoms with van der Waals surface area (Å²) < 4.78 is 8.35. The predicted octanol–water partition coefficient (Wildman–Crippen LogP) is 11.4. The second kappa shape index (κ2) is 12.3. The summed E-state index contributed by atoms with van der Waals surface area (Å²) in [5.41, 5.74) is 9.59. The summed E-state index contributed by atoms with van der Waals surface area (Å²) in [7, 11) is 0. The van der Waals surface area contributed by atoms with Crippen LogP contribution in [0.3, 0.4) is 0 Å². The molecule has 0 radical (unpaired) electrons. The first-order chi connectivity index (χ1) is 24.7. The number of aliphatic imine (C=N–C) groups is 2. The van der Waals surface area contributed by atoms with E-state index in [0.29, 0.717) is 5.84 Å². The number of nitrogens with zero attached hydrogens (tertiary/aromatic N) is 3. The number of furan rings is 1. The summed E-state index contributed by atoms with van der Waals surface area (Å²) in [5, 5.41) is 13.7. The smallest absolute Gasteiger partial charge is 0.229 e. The first-order valence-corrected chi connectivity index (χ1v) is 16.6. The average molecular weight is 643 g/mol. The van der Waals surface area contributed by atoms with Gasteiger partial charge in [0.05, 0.1) is 11.0 Å². The van der Waals surface area contributed by atoms with Gasteiger partial charge in [0.15, 0.2) is 5.84 Å². The van der Waals surface area contributed by atoms with Crippen molar-refractivity contribution in [3.05, 3.63) is 181 Å². The van der Waals surface area contributed by atoms with E-state index in [9.17, 15) is 5.41 Å². The van der Waals surface area contributed by atoms with E-state index in [1.54, 1.807) is 6.21 Å². The highest BCUT2D eigenvalue weighted by Gasteiger charge is 2.17. The fraction of sp³-hybridized carbons (Fsp3) is 0. The summed E-state index contributed by atoms with van der Waals surface area (Å²) >= 11 is 0. The molecule has 0 aliphatic heterocycles. The fourth-order valence-electron chi connectivity index (χ4n) is 6.83. The lowest BCUT2D eigenvalue weighted by molar-refractivity contribution is 0.669. The molecule has 0 unspecified atom stereocenters. The molecule has 0 aliphatic carbocycles. The molecule has 0 bridgehead atoms. The number of hydrogen-bond acceptors (Lipinski definition) is 2. The Morgan fingerprint density at radius 2 is 1.24 bits per heavy atom. The molecule has 0 saturated heterocycles. The molecule has 0 fully saturated rings. The molecule has 2 aromatic heterocycles. The number of amidine groups is 1. The summed E-state index contributed by atoms with van der Waals surface area (Å²) in [6.07, 6.45) is 1.79. The maximum Gasteiger partial charge on any atom is 0.229 e. The van der Waals surface area contributed by atoms with Crippen molar-refractivity contribution in [2.45, 2.75) is 0 Å². The Kier molecular flexibility index (Phi) is 7.21. The Morgan fingerprint density at radius 1 is 0.540 bits per heavy atom. The molecule has 50 heavy (non-hydrogen) atoms. The molecule has 236 valence electrons. The van der Waals surface area contributed by atoms with E-state index >= 15 is 0 Å². The molecule has 0 saturated carbocycles. The third-order valence-electron chi connectivity index (χ3n) is 9.18. The Bertz CT molecular complexity index is 2760. The lowest BCUT2D eigenvalue weighted by Gasteiger charge is -2.08. The first-order valence-electron chi connectivity index (χ1n) is 16.6. The van der Waals surface area contributed by atoms with Gasteiger partial charge in [-0.15, -0.1) is 0 Å². The lowest BCUT2D eigenvalue weighted by atomic mass is 9.99. The minimum atomic E-state index is 0.0694. The van der Waals surface area contributed by atoms with Gasteiger partial charge in [-0.05, 0) is 64.2 Å². The maximum absolute atomic E-state index is 9.44. The molecule has 5 nitrogen and oxygen atoms in total. The molecule has 1 N–H and O–H groups in total. The molecular weight excluding hydrogens is 613 g/mol. The van der Waals surface area contributed by atoms with Crippen LogP contribution < -0.4 is 0 Å². The molecule has 9 rings (SSSR count). The molecular formula is C45H30N4O. The van der Waals surface area contributed by atoms with E-state index in [2.05, 4.69) is 84.9 Å². The summed E-state index contributed by atoms with van der Waals surface area (Å²) in [5.74, 6) is 0.483. The van der Waals surface area contributed by atoms with Crippen molar-refractivity contribution in [1.29, 1.82) is 5.41 Å². The molecule has 0 amide bonds. The lowest BCUT2D eigenvalue weighted by Crippen LogP contribution is -2.11. The van der Waals surface area contributed by atoms with E-state index in [0.717, 1.165) is 77.1 Å². The highest BCUT2D eigenvalue weighted by molar-refractivity contribution is 6.19. The van der Waals surface area contributed by atoms with Crippen LogP contribution in [-0.2, 0) is 0 Å². The number of nitrogens with one attached hydrogen (secondary N) is 1. The minimum absolute atomic E-state index is 0.0694. The summed E-state index contributed by atoms with van der Waals surface area (Å²) in [6.45, 7) is 0. The highest BCUT2D eigenvalue weighted by Crippen LogP contribution is 2.37. The monoisotopic (exact) mass is 642 g/mol. The van der Waals surface area contributed by atoms with E-state index in [1.165, 1.54) is 0 Å². The van der Waals surface area contributed by atoms with Crippen molar-refractivity contribution >= 4 is 61.8 Å². The van der Waals surface area contributed by atoms with Gasteiger partial charge in [0, 0.05) is 33.3 Å². The van der Waals surface area contributed by atoms with E-state index < -0.39 is 0 Å². The van der Waals surface area contributed by atoms with Crippen molar-refractivity contribution in [1.82, 2.24) is 4.57 Å². The summed E-state index contributed by atoms with van der Waals surface area (Å²) in [4.78, 5) is 9.82. The standard InChI is InChI=1S/C45H30N4O/c46-45(49-39-21-11-10-19-36(39)38-27-33(24-26-40(38)49)31-15-6-2-7-16-31)48-44(47-29-30-13-4-1-5-14-30)34-23-25-37-42(28-34)50-41-22-12-20-35(43(37)41)32-17-8-3-9-18-32/h1-29,46H/b46-45?,47-29?,48-44-. The number of rotatable bonds is 4. The zero-order chi connectivity index (χ0) is 33.4. The number of aromatic nitrogens is 1. The molecule has 9 aromatic rings. The molecule has 7 aromatic carbocycles. The summed E-state index contributed by atoms with van der Waals surface area (Å²) in [6, 6.07) is 57.5. The topological polar surface area (TPSA) is 66.6 Å². The quantitative estimate of drug-likeness (QED) is 0.151. The number of fused-ring (bicyclic) bond motifs is 6. The molecule has 0 aliphatic rings. The molecule has 0 atom stereocenters. The molecule has 0 spiro atoms. The van der Waals surface area contributed by atoms with Gasteiger partial charge in [0.2, 0.25) is 5.96 Å². The van der Waals surface area contributed by atoms with Crippen molar-refractivity contribution in [3.8, 4) is 22.3 Å². The Balaban J connectivity index is 1.20. The average Bonchev–Trinajstić information content (AvgIpc) is 3.72. The van der Waals surface area contributed by atoms with Crippen LogP contribution in [0, 0.1) is 5.41 Å². The Labute approximate surface area is 288 Å². The number of benzene rings is 7. The van der Waals surface area contributed by atoms with Crippen molar-refractivity contribution in [3.63, 3.8) is 0 Å². The van der Waals surface area contributed by atoms with E-state index in [-0.39, 0.29) is 5.96 Å². The van der Waals surface area contributed by atoms with Gasteiger partial charge in [-0.3, -0.25) is 9.98 Å². The molecule has 2 heterocycles. The van der Waals surface area contributed by atoms with Gasteiger partial charge in [0.25, 0.3) is 0 Å². The second-order valence-electron chi connectivity index (χ2n) is 12.2. The van der Waals surface area contributed by atoms with Crippen molar-refractivity contribution < 1.29 is 4.42 Å². The maximum atomic E-state index is 9.44. The van der Waals surface area contributed by atoms with Gasteiger partial charge in [-0.1, -0.05) is 133 Å².